The maximum atomic E-state index is 15.2. The maximum Gasteiger partial charge on any atom is 0.410 e. The van der Waals surface area contributed by atoms with E-state index in [2.05, 4.69) is 20.7 Å². The maximum absolute atomic E-state index is 15.2. The number of sulfonamides is 1. The summed E-state index contributed by atoms with van der Waals surface area (Å²) in [5.74, 6) is 2.22. The summed E-state index contributed by atoms with van der Waals surface area (Å²) in [6, 6.07) is 15.3. The van der Waals surface area contributed by atoms with Crippen LogP contribution in [-0.2, 0) is 21.3 Å². The molecule has 2 aromatic heterocycles. The Morgan fingerprint density at radius 3 is 2.25 bits per heavy atom. The first kappa shape index (κ1) is 37.7. The third-order valence-electron chi connectivity index (χ3n) is 9.67. The number of nitrogens with one attached hydrogen (secondary N) is 2. The van der Waals surface area contributed by atoms with Crippen molar-refractivity contribution in [3.63, 3.8) is 0 Å². The van der Waals surface area contributed by atoms with Gasteiger partial charge in [0.25, 0.3) is 10.0 Å². The average molecular weight is 775 g/mol. The van der Waals surface area contributed by atoms with Gasteiger partial charge in [0.05, 0.1) is 52.1 Å². The van der Waals surface area contributed by atoms with Crippen LogP contribution in [0.1, 0.15) is 75.2 Å². The van der Waals surface area contributed by atoms with Crippen LogP contribution in [0.4, 0.5) is 22.1 Å². The number of aromatic nitrogens is 3. The Bertz CT molecular complexity index is 2270. The Balaban J connectivity index is 1.31. The monoisotopic (exact) mass is 774 g/mol. The number of hydrogen-bond donors (Lipinski definition) is 2. The number of anilines is 3. The number of rotatable bonds is 13. The second-order valence-corrected chi connectivity index (χ2v) is 16.4. The summed E-state index contributed by atoms with van der Waals surface area (Å²) in [5.41, 5.74) is 2.54. The van der Waals surface area contributed by atoms with E-state index >= 15 is 8.42 Å². The van der Waals surface area contributed by atoms with Crippen molar-refractivity contribution in [1.82, 2.24) is 20.3 Å². The van der Waals surface area contributed by atoms with Gasteiger partial charge in [-0.25, -0.2) is 17.5 Å². The Labute approximate surface area is 319 Å². The summed E-state index contributed by atoms with van der Waals surface area (Å²) < 4.78 is 65.7. The molecule has 5 aromatic rings. The Morgan fingerprint density at radius 2 is 1.64 bits per heavy atom. The van der Waals surface area contributed by atoms with Gasteiger partial charge in [0.2, 0.25) is 0 Å². The molecule has 1 saturated heterocycles. The zero-order valence-corrected chi connectivity index (χ0v) is 32.8. The van der Waals surface area contributed by atoms with Crippen LogP contribution in [-0.4, -0.2) is 75.3 Å². The highest BCUT2D eigenvalue weighted by Crippen LogP contribution is 2.45. The predicted octanol–water partition coefficient (Wildman–Crippen LogP) is 7.67. The molecule has 1 atom stereocenters. The van der Waals surface area contributed by atoms with Gasteiger partial charge in [-0.05, 0) is 87.9 Å². The summed E-state index contributed by atoms with van der Waals surface area (Å²) in [5, 5.41) is 15.5. The highest BCUT2D eigenvalue weighted by molar-refractivity contribution is 7.93. The second kappa shape index (κ2) is 14.9. The molecule has 0 spiro atoms. The topological polar surface area (TPSA) is 171 Å². The van der Waals surface area contributed by atoms with Crippen LogP contribution in [0.15, 0.2) is 64.0 Å². The third-order valence-corrected chi connectivity index (χ3v) is 11.5. The van der Waals surface area contributed by atoms with Crippen molar-refractivity contribution < 1.29 is 41.4 Å². The Morgan fingerprint density at radius 1 is 0.945 bits per heavy atom. The van der Waals surface area contributed by atoms with Gasteiger partial charge in [-0.1, -0.05) is 17.3 Å². The number of hydrogen-bond acceptors (Lipinski definition) is 12. The quantitative estimate of drug-likeness (QED) is 0.120. The number of carbonyl (C=O) groups excluding carboxylic acids is 1. The summed E-state index contributed by atoms with van der Waals surface area (Å²) in [4.78, 5) is 14.6. The molecule has 1 amide bonds. The lowest BCUT2D eigenvalue weighted by Crippen LogP contribution is -2.36. The van der Waals surface area contributed by atoms with Gasteiger partial charge in [0.15, 0.2) is 22.1 Å². The van der Waals surface area contributed by atoms with Gasteiger partial charge in [0, 0.05) is 30.3 Å². The lowest BCUT2D eigenvalue weighted by atomic mass is 10.0. The molecule has 16 heteroatoms. The first-order valence-corrected chi connectivity index (χ1v) is 19.5. The van der Waals surface area contributed by atoms with Gasteiger partial charge in [-0.3, -0.25) is 5.10 Å². The molecular formula is C39H46N6O9S. The largest absolute Gasteiger partial charge is 0.497 e. The van der Waals surface area contributed by atoms with Gasteiger partial charge >= 0.3 is 6.09 Å². The minimum absolute atomic E-state index is 0.0199. The smallest absolute Gasteiger partial charge is 0.410 e. The van der Waals surface area contributed by atoms with E-state index in [-0.39, 0.29) is 34.8 Å². The SMILES string of the molecule is COc1ccc(CN(c2noc3cc(Nc4cc(C5CC5)[nH]n4)c(OC)cc23)S(=O)(=O)c2c(OC)cc([C@@H]3CCCN3C(=O)OC(C)(C)C)cc2OC)cc1. The predicted molar refractivity (Wildman–Crippen MR) is 205 cm³/mol. The normalized spacial score (nSPS) is 15.9. The van der Waals surface area contributed by atoms with Crippen molar-refractivity contribution >= 4 is 44.4 Å². The lowest BCUT2D eigenvalue weighted by molar-refractivity contribution is 0.0224. The van der Waals surface area contributed by atoms with Gasteiger partial charge < -0.3 is 38.4 Å². The van der Waals surface area contributed by atoms with Crippen molar-refractivity contribution in [2.75, 3.05) is 44.6 Å². The van der Waals surface area contributed by atoms with Crippen molar-refractivity contribution in [3.8, 4) is 23.0 Å². The molecule has 2 aliphatic rings. The van der Waals surface area contributed by atoms with E-state index < -0.39 is 21.7 Å². The van der Waals surface area contributed by atoms with Crippen molar-refractivity contribution in [2.45, 2.75) is 75.5 Å². The van der Waals surface area contributed by atoms with Crippen molar-refractivity contribution in [1.29, 1.82) is 0 Å². The summed E-state index contributed by atoms with van der Waals surface area (Å²) in [6.07, 6.45) is 3.19. The van der Waals surface area contributed by atoms with E-state index in [1.807, 2.05) is 26.8 Å². The minimum Gasteiger partial charge on any atom is -0.497 e. The first-order chi connectivity index (χ1) is 26.3. The zero-order valence-electron chi connectivity index (χ0n) is 32.0. The molecule has 2 fully saturated rings. The highest BCUT2D eigenvalue weighted by Gasteiger charge is 2.39. The number of methoxy groups -OCH3 is 4. The third kappa shape index (κ3) is 7.68. The molecule has 3 aromatic carbocycles. The van der Waals surface area contributed by atoms with Gasteiger partial charge in [-0.15, -0.1) is 0 Å². The van der Waals surface area contributed by atoms with E-state index in [0.717, 1.165) is 29.3 Å². The molecule has 1 aliphatic carbocycles. The number of carbonyl (C=O) groups is 1. The fourth-order valence-corrected chi connectivity index (χ4v) is 8.51. The van der Waals surface area contributed by atoms with Crippen LogP contribution in [0.2, 0.25) is 0 Å². The molecule has 3 heterocycles. The zero-order chi connectivity index (χ0) is 39.1. The molecule has 55 heavy (non-hydrogen) atoms. The van der Waals surface area contributed by atoms with Crippen molar-refractivity contribution in [3.05, 3.63) is 71.4 Å². The highest BCUT2D eigenvalue weighted by atomic mass is 32.2. The number of likely N-dealkylation sites (tertiary alicyclic amines) is 1. The number of benzene rings is 3. The van der Waals surface area contributed by atoms with Gasteiger partial charge in [0.1, 0.15) is 28.6 Å². The molecule has 7 rings (SSSR count). The van der Waals surface area contributed by atoms with E-state index in [0.29, 0.717) is 64.0 Å². The fraction of sp³-hybridized carbons (Fsp3) is 0.410. The van der Waals surface area contributed by atoms with Crippen molar-refractivity contribution in [2.24, 2.45) is 0 Å². The van der Waals surface area contributed by atoms with Crippen LogP contribution in [0.25, 0.3) is 11.0 Å². The molecule has 292 valence electrons. The Hall–Kier alpha value is -5.64. The number of aromatic amines is 1. The Kier molecular flexibility index (Phi) is 10.2. The molecule has 15 nitrogen and oxygen atoms in total. The van der Waals surface area contributed by atoms with E-state index in [4.69, 9.17) is 28.2 Å². The van der Waals surface area contributed by atoms with E-state index in [1.165, 1.54) is 21.3 Å². The number of amides is 1. The minimum atomic E-state index is -4.53. The molecule has 2 N–H and O–H groups in total. The van der Waals surface area contributed by atoms with E-state index in [1.54, 1.807) is 60.5 Å². The molecular weight excluding hydrogens is 729 g/mol. The summed E-state index contributed by atoms with van der Waals surface area (Å²) in [6.45, 7) is 5.79. The number of H-pyrrole nitrogens is 1. The van der Waals surface area contributed by atoms with Gasteiger partial charge in [-0.2, -0.15) is 5.10 Å². The van der Waals surface area contributed by atoms with Crippen LogP contribution in [0.3, 0.4) is 0 Å². The number of nitrogens with zero attached hydrogens (tertiary/aromatic N) is 4. The van der Waals surface area contributed by atoms with E-state index in [9.17, 15) is 4.79 Å². The molecule has 1 aliphatic heterocycles. The van der Waals surface area contributed by atoms with Crippen LogP contribution < -0.4 is 28.6 Å². The van der Waals surface area contributed by atoms with Crippen LogP contribution in [0.5, 0.6) is 23.0 Å². The standard InChI is InChI=1S/C39H46N6O9S/c1-39(2,3)53-38(46)44-16-8-9-30(44)25-17-33(51-6)36(34(18-25)52-7)55(47,48)45(22-23-10-14-26(49-4)15-11-23)37-27-19-32(50-5)29(20-31(27)54-43-37)40-35-21-28(41-42-35)24-12-13-24/h10-11,14-15,17-21,24,30H,8-9,12-13,16,22H2,1-7H3,(H2,40,41,42)/t30-/m0/s1. The molecule has 0 radical (unpaired) electrons. The lowest BCUT2D eigenvalue weighted by Gasteiger charge is -2.30. The second-order valence-electron chi connectivity index (χ2n) is 14.6. The first-order valence-electron chi connectivity index (χ1n) is 18.0. The molecule has 0 bridgehead atoms. The fourth-order valence-electron chi connectivity index (χ4n) is 6.82. The van der Waals surface area contributed by atoms with Crippen LogP contribution in [0, 0.1) is 0 Å². The molecule has 1 saturated carbocycles. The average Bonchev–Trinajstić information content (AvgIpc) is 3.51. The van der Waals surface area contributed by atoms with Crippen LogP contribution >= 0.6 is 0 Å². The summed E-state index contributed by atoms with van der Waals surface area (Å²) in [7, 11) is 1.33. The number of fused-ring (bicyclic) bond motifs is 1. The molecule has 0 unspecified atom stereocenters. The summed E-state index contributed by atoms with van der Waals surface area (Å²) >= 11 is 0. The number of ether oxygens (including phenoxy) is 5.